The molecule has 2 N–H and O–H groups in total. The van der Waals surface area contributed by atoms with Gasteiger partial charge in [-0.25, -0.2) is 0 Å². The first-order valence-electron chi connectivity index (χ1n) is 8.69. The van der Waals surface area contributed by atoms with E-state index in [0.717, 1.165) is 16.7 Å². The van der Waals surface area contributed by atoms with E-state index in [2.05, 4.69) is 5.32 Å². The molecule has 2 rings (SSSR count). The summed E-state index contributed by atoms with van der Waals surface area (Å²) in [6.45, 7) is 7.46. The van der Waals surface area contributed by atoms with Gasteiger partial charge in [-0.1, -0.05) is 18.2 Å². The van der Waals surface area contributed by atoms with Gasteiger partial charge in [0.15, 0.2) is 0 Å². The summed E-state index contributed by atoms with van der Waals surface area (Å²) in [6.07, 6.45) is 0.820. The normalized spacial score (nSPS) is 13.7. The number of aliphatic hydroxyl groups excluding tert-OH is 1. The van der Waals surface area contributed by atoms with Crippen molar-refractivity contribution in [1.82, 2.24) is 10.2 Å². The molecule has 138 valence electrons. The molecule has 0 aliphatic carbocycles. The number of rotatable bonds is 8. The van der Waals surface area contributed by atoms with E-state index in [1.54, 1.807) is 11.8 Å². The van der Waals surface area contributed by atoms with Gasteiger partial charge >= 0.3 is 0 Å². The molecular weight excluding hydrogens is 320 g/mol. The fourth-order valence-corrected chi connectivity index (χ4v) is 2.92. The Balaban J connectivity index is 1.82. The van der Waals surface area contributed by atoms with Crippen molar-refractivity contribution in [2.45, 2.75) is 58.8 Å². The van der Waals surface area contributed by atoms with Gasteiger partial charge in [0.05, 0.1) is 12.2 Å². The second kappa shape index (κ2) is 8.45. The topological polar surface area (TPSA) is 78.9 Å². The van der Waals surface area contributed by atoms with Crippen LogP contribution in [0.3, 0.4) is 0 Å². The number of hydrogen-bond donors (Lipinski definition) is 2. The van der Waals surface area contributed by atoms with Crippen LogP contribution in [0.5, 0.6) is 0 Å². The predicted molar refractivity (Wildman–Crippen MR) is 94.6 cm³/mol. The van der Waals surface area contributed by atoms with Crippen LogP contribution in [0.25, 0.3) is 0 Å². The van der Waals surface area contributed by atoms with Crippen molar-refractivity contribution in [1.29, 1.82) is 0 Å². The van der Waals surface area contributed by atoms with E-state index in [1.807, 2.05) is 32.0 Å². The summed E-state index contributed by atoms with van der Waals surface area (Å²) in [5.74, 6) is -0.00680. The van der Waals surface area contributed by atoms with Gasteiger partial charge in [-0.3, -0.25) is 9.59 Å². The highest BCUT2D eigenvalue weighted by Gasteiger charge is 2.23. The molecule has 0 atom stereocenters. The van der Waals surface area contributed by atoms with Crippen molar-refractivity contribution in [3.8, 4) is 0 Å². The SMILES string of the molecule is CC(=O)N1Cc2cccc(CNC(=O)CCOC(C)(C)CCO)c2C1. The molecule has 0 aromatic heterocycles. The van der Waals surface area contributed by atoms with Gasteiger partial charge in [0.1, 0.15) is 0 Å². The van der Waals surface area contributed by atoms with Crippen LogP contribution in [-0.2, 0) is 34.0 Å². The fraction of sp³-hybridized carbons (Fsp3) is 0.579. The Morgan fingerprint density at radius 2 is 2.08 bits per heavy atom. The molecule has 1 aromatic rings. The highest BCUT2D eigenvalue weighted by atomic mass is 16.5. The largest absolute Gasteiger partial charge is 0.396 e. The fourth-order valence-electron chi connectivity index (χ4n) is 2.92. The zero-order valence-corrected chi connectivity index (χ0v) is 15.3. The second-order valence-corrected chi connectivity index (χ2v) is 7.04. The van der Waals surface area contributed by atoms with Gasteiger partial charge in [0, 0.05) is 39.6 Å². The number of ether oxygens (including phenoxy) is 1. The second-order valence-electron chi connectivity index (χ2n) is 7.04. The summed E-state index contributed by atoms with van der Waals surface area (Å²) in [6, 6.07) is 5.98. The lowest BCUT2D eigenvalue weighted by molar-refractivity contribution is -0.129. The van der Waals surface area contributed by atoms with E-state index in [4.69, 9.17) is 9.84 Å². The number of fused-ring (bicyclic) bond motifs is 1. The van der Waals surface area contributed by atoms with Crippen molar-refractivity contribution in [2.75, 3.05) is 13.2 Å². The van der Waals surface area contributed by atoms with Crippen molar-refractivity contribution in [2.24, 2.45) is 0 Å². The van der Waals surface area contributed by atoms with Gasteiger partial charge in [0.25, 0.3) is 0 Å². The average molecular weight is 348 g/mol. The lowest BCUT2D eigenvalue weighted by Gasteiger charge is -2.24. The number of hydrogen-bond acceptors (Lipinski definition) is 4. The molecule has 0 saturated carbocycles. The Kier molecular flexibility index (Phi) is 6.56. The Morgan fingerprint density at radius 1 is 1.32 bits per heavy atom. The molecule has 6 heteroatoms. The van der Waals surface area contributed by atoms with Gasteiger partial charge in [-0.15, -0.1) is 0 Å². The molecule has 2 amide bonds. The lowest BCUT2D eigenvalue weighted by atomic mass is 10.0. The Morgan fingerprint density at radius 3 is 2.76 bits per heavy atom. The summed E-state index contributed by atoms with van der Waals surface area (Å²) in [4.78, 5) is 25.4. The van der Waals surface area contributed by atoms with Crippen LogP contribution in [0, 0.1) is 0 Å². The Labute approximate surface area is 149 Å². The molecule has 0 unspecified atom stereocenters. The Hall–Kier alpha value is -1.92. The van der Waals surface area contributed by atoms with E-state index in [0.29, 0.717) is 32.7 Å². The van der Waals surface area contributed by atoms with Gasteiger partial charge < -0.3 is 20.1 Å². The van der Waals surface area contributed by atoms with E-state index >= 15 is 0 Å². The van der Waals surface area contributed by atoms with Gasteiger partial charge in [-0.2, -0.15) is 0 Å². The molecule has 6 nitrogen and oxygen atoms in total. The predicted octanol–water partition coefficient (Wildman–Crippen LogP) is 1.73. The zero-order valence-electron chi connectivity index (χ0n) is 15.3. The molecule has 0 spiro atoms. The third-order valence-electron chi connectivity index (χ3n) is 4.54. The lowest BCUT2D eigenvalue weighted by Crippen LogP contribution is -2.29. The number of carbonyl (C=O) groups excluding carboxylic acids is 2. The molecule has 0 fully saturated rings. The molecule has 25 heavy (non-hydrogen) atoms. The molecule has 1 aliphatic heterocycles. The monoisotopic (exact) mass is 348 g/mol. The first-order chi connectivity index (χ1) is 11.8. The minimum absolute atomic E-state index is 0.0637. The van der Waals surface area contributed by atoms with E-state index in [-0.39, 0.29) is 24.8 Å². The molecule has 1 aliphatic rings. The smallest absolute Gasteiger partial charge is 0.222 e. The molecule has 0 saturated heterocycles. The van der Waals surface area contributed by atoms with Crippen LogP contribution in [0.15, 0.2) is 18.2 Å². The standard InChI is InChI=1S/C19H28N2O4/c1-14(23)21-12-16-6-4-5-15(17(16)13-21)11-20-18(24)7-10-25-19(2,3)8-9-22/h4-6,22H,7-13H2,1-3H3,(H,20,24). The highest BCUT2D eigenvalue weighted by Crippen LogP contribution is 2.26. The van der Waals surface area contributed by atoms with E-state index in [9.17, 15) is 9.59 Å². The van der Waals surface area contributed by atoms with Crippen LogP contribution in [0.1, 0.15) is 50.3 Å². The quantitative estimate of drug-likeness (QED) is 0.750. The number of benzene rings is 1. The minimum Gasteiger partial charge on any atom is -0.396 e. The number of nitrogens with one attached hydrogen (secondary N) is 1. The third-order valence-corrected chi connectivity index (χ3v) is 4.54. The Bertz CT molecular complexity index is 628. The number of aliphatic hydroxyl groups is 1. The van der Waals surface area contributed by atoms with Crippen molar-refractivity contribution >= 4 is 11.8 Å². The van der Waals surface area contributed by atoms with Crippen molar-refractivity contribution < 1.29 is 19.4 Å². The number of nitrogens with zero attached hydrogens (tertiary/aromatic N) is 1. The van der Waals surface area contributed by atoms with Crippen LogP contribution in [0.2, 0.25) is 0 Å². The zero-order chi connectivity index (χ0) is 18.4. The van der Waals surface area contributed by atoms with Crippen LogP contribution in [-0.4, -0.2) is 40.6 Å². The van der Waals surface area contributed by atoms with E-state index in [1.165, 1.54) is 0 Å². The van der Waals surface area contributed by atoms with Crippen LogP contribution in [0.4, 0.5) is 0 Å². The number of carbonyl (C=O) groups is 2. The summed E-state index contributed by atoms with van der Waals surface area (Å²) in [5, 5.41) is 11.9. The minimum atomic E-state index is -0.425. The molecule has 1 aromatic carbocycles. The molecule has 0 radical (unpaired) electrons. The van der Waals surface area contributed by atoms with Gasteiger partial charge in [0.2, 0.25) is 11.8 Å². The van der Waals surface area contributed by atoms with Crippen LogP contribution < -0.4 is 5.32 Å². The van der Waals surface area contributed by atoms with Gasteiger partial charge in [-0.05, 0) is 37.0 Å². The highest BCUT2D eigenvalue weighted by molar-refractivity contribution is 5.76. The summed E-state index contributed by atoms with van der Waals surface area (Å²) in [7, 11) is 0. The van der Waals surface area contributed by atoms with Crippen LogP contribution >= 0.6 is 0 Å². The summed E-state index contributed by atoms with van der Waals surface area (Å²) >= 11 is 0. The van der Waals surface area contributed by atoms with Crippen molar-refractivity contribution in [3.05, 3.63) is 34.9 Å². The molecule has 0 bridgehead atoms. The number of amides is 2. The average Bonchev–Trinajstić information content (AvgIpc) is 2.97. The summed E-state index contributed by atoms with van der Waals surface area (Å²) < 4.78 is 5.64. The summed E-state index contributed by atoms with van der Waals surface area (Å²) in [5.41, 5.74) is 2.91. The first kappa shape index (κ1) is 19.4. The first-order valence-corrected chi connectivity index (χ1v) is 8.69. The van der Waals surface area contributed by atoms with Crippen molar-refractivity contribution in [3.63, 3.8) is 0 Å². The van der Waals surface area contributed by atoms with E-state index < -0.39 is 5.60 Å². The maximum atomic E-state index is 12.0. The third kappa shape index (κ3) is 5.54. The molecular formula is C19H28N2O4. The maximum Gasteiger partial charge on any atom is 0.222 e. The maximum absolute atomic E-state index is 12.0. The molecule has 1 heterocycles.